The number of hydrogen-bond donors (Lipinski definition) is 1. The van der Waals surface area contributed by atoms with Crippen molar-refractivity contribution in [2.75, 3.05) is 18.5 Å². The fraction of sp³-hybridized carbons (Fsp3) is 0.235. The van der Waals surface area contributed by atoms with E-state index in [4.69, 9.17) is 32.7 Å². The number of rotatable bonds is 7. The minimum absolute atomic E-state index is 0.0990. The van der Waals surface area contributed by atoms with E-state index < -0.39 is 0 Å². The van der Waals surface area contributed by atoms with Gasteiger partial charge >= 0.3 is 0 Å². The summed E-state index contributed by atoms with van der Waals surface area (Å²) in [5.41, 5.74) is 0.743. The maximum absolute atomic E-state index is 10.9. The Kier molecular flexibility index (Phi) is 6.56. The Morgan fingerprint density at radius 2 is 1.57 bits per heavy atom. The largest absolute Gasteiger partial charge is 0.493 e. The molecule has 1 amide bonds. The van der Waals surface area contributed by atoms with Crippen LogP contribution in [-0.2, 0) is 4.79 Å². The number of anilines is 1. The van der Waals surface area contributed by atoms with E-state index in [2.05, 4.69) is 5.32 Å². The average molecular weight is 354 g/mol. The summed E-state index contributed by atoms with van der Waals surface area (Å²) in [5, 5.41) is 3.68. The van der Waals surface area contributed by atoms with Crippen LogP contribution in [0.4, 0.5) is 5.69 Å². The first-order chi connectivity index (χ1) is 11.0. The highest BCUT2D eigenvalue weighted by molar-refractivity contribution is 6.42. The van der Waals surface area contributed by atoms with E-state index in [1.54, 1.807) is 30.3 Å². The van der Waals surface area contributed by atoms with Crippen molar-refractivity contribution >= 4 is 34.8 Å². The highest BCUT2D eigenvalue weighted by Gasteiger charge is 2.01. The van der Waals surface area contributed by atoms with Crippen LogP contribution < -0.4 is 14.8 Å². The van der Waals surface area contributed by atoms with Gasteiger partial charge in [-0.25, -0.2) is 0 Å². The standard InChI is InChI=1S/C17H17Cl2NO3/c1-12(21)20-13-3-5-14(6-4-13)22-9-2-10-23-15-7-8-16(18)17(19)11-15/h3-8,11H,2,9-10H2,1H3,(H,20,21). The van der Waals surface area contributed by atoms with Crippen molar-refractivity contribution < 1.29 is 14.3 Å². The van der Waals surface area contributed by atoms with E-state index in [-0.39, 0.29) is 5.91 Å². The Hall–Kier alpha value is -1.91. The molecule has 0 atom stereocenters. The Labute approximate surface area is 145 Å². The number of halogens is 2. The van der Waals surface area contributed by atoms with Crippen LogP contribution in [0.2, 0.25) is 10.0 Å². The zero-order valence-corrected chi connectivity index (χ0v) is 14.2. The fourth-order valence-electron chi connectivity index (χ4n) is 1.84. The number of ether oxygens (including phenoxy) is 2. The predicted molar refractivity (Wildman–Crippen MR) is 92.8 cm³/mol. The van der Waals surface area contributed by atoms with Crippen molar-refractivity contribution in [3.05, 3.63) is 52.5 Å². The van der Waals surface area contributed by atoms with Crippen LogP contribution in [0.25, 0.3) is 0 Å². The Bertz CT molecular complexity index is 659. The molecule has 6 heteroatoms. The van der Waals surface area contributed by atoms with Gasteiger partial charge in [-0.2, -0.15) is 0 Å². The maximum atomic E-state index is 10.9. The normalized spacial score (nSPS) is 10.2. The van der Waals surface area contributed by atoms with Crippen LogP contribution in [0.1, 0.15) is 13.3 Å². The lowest BCUT2D eigenvalue weighted by atomic mass is 10.3. The predicted octanol–water partition coefficient (Wildman–Crippen LogP) is 4.80. The summed E-state index contributed by atoms with van der Waals surface area (Å²) in [4.78, 5) is 10.9. The number of nitrogens with one attached hydrogen (secondary N) is 1. The summed E-state index contributed by atoms with van der Waals surface area (Å²) in [5.74, 6) is 1.32. The second-order valence-corrected chi connectivity index (χ2v) is 5.65. The van der Waals surface area contributed by atoms with Crippen LogP contribution in [0, 0.1) is 0 Å². The van der Waals surface area contributed by atoms with Gasteiger partial charge < -0.3 is 14.8 Å². The molecule has 0 aliphatic carbocycles. The van der Waals surface area contributed by atoms with Gasteiger partial charge in [0.2, 0.25) is 5.91 Å². The molecule has 0 unspecified atom stereocenters. The third-order valence-corrected chi connectivity index (χ3v) is 3.63. The minimum atomic E-state index is -0.0990. The number of carbonyl (C=O) groups excluding carboxylic acids is 1. The Balaban J connectivity index is 1.68. The van der Waals surface area contributed by atoms with Gasteiger partial charge in [0.15, 0.2) is 0 Å². The van der Waals surface area contributed by atoms with Gasteiger partial charge in [0.1, 0.15) is 11.5 Å². The molecular formula is C17H17Cl2NO3. The van der Waals surface area contributed by atoms with Gasteiger partial charge in [0.05, 0.1) is 23.3 Å². The van der Waals surface area contributed by atoms with Crippen molar-refractivity contribution in [1.29, 1.82) is 0 Å². The summed E-state index contributed by atoms with van der Waals surface area (Å²) in [6, 6.07) is 12.4. The molecule has 2 aromatic carbocycles. The van der Waals surface area contributed by atoms with Gasteiger partial charge in [-0.3, -0.25) is 4.79 Å². The van der Waals surface area contributed by atoms with E-state index in [1.165, 1.54) is 6.92 Å². The van der Waals surface area contributed by atoms with Crippen molar-refractivity contribution in [3.63, 3.8) is 0 Å². The Morgan fingerprint density at radius 1 is 0.957 bits per heavy atom. The van der Waals surface area contributed by atoms with E-state index in [0.29, 0.717) is 29.0 Å². The first-order valence-electron chi connectivity index (χ1n) is 7.13. The topological polar surface area (TPSA) is 47.6 Å². The third kappa shape index (κ3) is 6.00. The molecule has 4 nitrogen and oxygen atoms in total. The second kappa shape index (κ2) is 8.65. The number of carbonyl (C=O) groups is 1. The van der Waals surface area contributed by atoms with Gasteiger partial charge in [0.25, 0.3) is 0 Å². The van der Waals surface area contributed by atoms with E-state index in [0.717, 1.165) is 17.9 Å². The van der Waals surface area contributed by atoms with Crippen molar-refractivity contribution in [2.45, 2.75) is 13.3 Å². The first-order valence-corrected chi connectivity index (χ1v) is 7.88. The molecular weight excluding hydrogens is 337 g/mol. The lowest BCUT2D eigenvalue weighted by Crippen LogP contribution is -2.06. The molecule has 1 N–H and O–H groups in total. The molecule has 0 heterocycles. The van der Waals surface area contributed by atoms with Crippen molar-refractivity contribution in [2.24, 2.45) is 0 Å². The molecule has 0 bridgehead atoms. The SMILES string of the molecule is CC(=O)Nc1ccc(OCCCOc2ccc(Cl)c(Cl)c2)cc1. The summed E-state index contributed by atoms with van der Waals surface area (Å²) in [6.07, 6.45) is 0.730. The van der Waals surface area contributed by atoms with Crippen LogP contribution in [0.3, 0.4) is 0 Å². The molecule has 0 fully saturated rings. The molecule has 0 radical (unpaired) electrons. The summed E-state index contributed by atoms with van der Waals surface area (Å²) >= 11 is 11.8. The molecule has 0 aliphatic rings. The molecule has 0 spiro atoms. The summed E-state index contributed by atoms with van der Waals surface area (Å²) < 4.78 is 11.2. The van der Waals surface area contributed by atoms with Crippen molar-refractivity contribution in [3.8, 4) is 11.5 Å². The second-order valence-electron chi connectivity index (χ2n) is 4.83. The summed E-state index contributed by atoms with van der Waals surface area (Å²) in [7, 11) is 0. The Morgan fingerprint density at radius 3 is 2.17 bits per heavy atom. The van der Waals surface area contributed by atoms with Crippen molar-refractivity contribution in [1.82, 2.24) is 0 Å². The average Bonchev–Trinajstić information content (AvgIpc) is 2.51. The molecule has 0 aromatic heterocycles. The lowest BCUT2D eigenvalue weighted by Gasteiger charge is -2.09. The smallest absolute Gasteiger partial charge is 0.221 e. The molecule has 0 saturated heterocycles. The van der Waals surface area contributed by atoms with Crippen LogP contribution in [0.5, 0.6) is 11.5 Å². The quantitative estimate of drug-likeness (QED) is 0.727. The number of amides is 1. The number of benzene rings is 2. The van der Waals surface area contributed by atoms with Crippen LogP contribution >= 0.6 is 23.2 Å². The third-order valence-electron chi connectivity index (χ3n) is 2.89. The van der Waals surface area contributed by atoms with Crippen LogP contribution in [0.15, 0.2) is 42.5 Å². The molecule has 2 aromatic rings. The maximum Gasteiger partial charge on any atom is 0.221 e. The monoisotopic (exact) mass is 353 g/mol. The zero-order valence-electron chi connectivity index (χ0n) is 12.6. The molecule has 0 aliphatic heterocycles. The first kappa shape index (κ1) is 17.4. The fourth-order valence-corrected chi connectivity index (χ4v) is 2.13. The van der Waals surface area contributed by atoms with Gasteiger partial charge in [-0.15, -0.1) is 0 Å². The highest BCUT2D eigenvalue weighted by atomic mass is 35.5. The van der Waals surface area contributed by atoms with Gasteiger partial charge in [0, 0.05) is 25.1 Å². The lowest BCUT2D eigenvalue weighted by molar-refractivity contribution is -0.114. The van der Waals surface area contributed by atoms with E-state index in [9.17, 15) is 4.79 Å². The molecule has 0 saturated carbocycles. The van der Waals surface area contributed by atoms with Gasteiger partial charge in [-0.1, -0.05) is 23.2 Å². The van der Waals surface area contributed by atoms with Crippen LogP contribution in [-0.4, -0.2) is 19.1 Å². The number of hydrogen-bond acceptors (Lipinski definition) is 3. The molecule has 23 heavy (non-hydrogen) atoms. The summed E-state index contributed by atoms with van der Waals surface area (Å²) in [6.45, 7) is 2.51. The molecule has 122 valence electrons. The van der Waals surface area contributed by atoms with E-state index >= 15 is 0 Å². The highest BCUT2D eigenvalue weighted by Crippen LogP contribution is 2.26. The zero-order chi connectivity index (χ0) is 16.7. The minimum Gasteiger partial charge on any atom is -0.493 e. The van der Waals surface area contributed by atoms with E-state index in [1.807, 2.05) is 12.1 Å². The van der Waals surface area contributed by atoms with Gasteiger partial charge in [-0.05, 0) is 36.4 Å². The molecule has 2 rings (SSSR count).